The summed E-state index contributed by atoms with van der Waals surface area (Å²) in [5, 5.41) is 2.86. The Kier molecular flexibility index (Phi) is 3.54. The highest BCUT2D eigenvalue weighted by Gasteiger charge is 2.37. The summed E-state index contributed by atoms with van der Waals surface area (Å²) in [7, 11) is 0. The van der Waals surface area contributed by atoms with Crippen LogP contribution in [-0.4, -0.2) is 21.4 Å². The number of carbonyl (C=O) groups excluding carboxylic acids is 1. The molecule has 0 aliphatic carbocycles. The maximum Gasteiger partial charge on any atom is 0.241 e. The summed E-state index contributed by atoms with van der Waals surface area (Å²) >= 11 is 5.08. The minimum Gasteiger partial charge on any atom is -0.309 e. The van der Waals surface area contributed by atoms with Crippen LogP contribution in [0.15, 0.2) is 22.8 Å². The standard InChI is InChI=1S/C11H13BrN2OS/c1-11(4-2-6-16-11)10(15)14-9-7-8(12)3-5-13-9/h3,5,7H,2,4,6H2,1H3,(H,13,14,15). The third-order valence-corrected chi connectivity index (χ3v) is 4.68. The van der Waals surface area contributed by atoms with E-state index in [1.807, 2.05) is 13.0 Å². The van der Waals surface area contributed by atoms with Gasteiger partial charge in [0.05, 0.1) is 4.75 Å². The normalized spacial score (nSPS) is 24.4. The lowest BCUT2D eigenvalue weighted by molar-refractivity contribution is -0.118. The first-order valence-corrected chi connectivity index (χ1v) is 6.95. The van der Waals surface area contributed by atoms with Gasteiger partial charge in [0.25, 0.3) is 0 Å². The van der Waals surface area contributed by atoms with Crippen LogP contribution in [0.25, 0.3) is 0 Å². The second-order valence-corrected chi connectivity index (χ2v) is 6.51. The number of anilines is 1. The van der Waals surface area contributed by atoms with Gasteiger partial charge < -0.3 is 5.32 Å². The molecule has 1 fully saturated rings. The van der Waals surface area contributed by atoms with E-state index in [4.69, 9.17) is 0 Å². The average molecular weight is 301 g/mol. The first-order chi connectivity index (χ1) is 7.60. The molecule has 1 aromatic rings. The molecule has 1 aromatic heterocycles. The summed E-state index contributed by atoms with van der Waals surface area (Å²) < 4.78 is 0.631. The molecule has 1 saturated heterocycles. The number of pyridine rings is 1. The predicted molar refractivity (Wildman–Crippen MR) is 70.7 cm³/mol. The van der Waals surface area contributed by atoms with E-state index in [1.54, 1.807) is 24.0 Å². The van der Waals surface area contributed by atoms with Gasteiger partial charge in [0.15, 0.2) is 0 Å². The first kappa shape index (κ1) is 11.9. The second-order valence-electron chi connectivity index (χ2n) is 4.00. The van der Waals surface area contributed by atoms with Crippen molar-refractivity contribution >= 4 is 39.4 Å². The monoisotopic (exact) mass is 300 g/mol. The van der Waals surface area contributed by atoms with E-state index in [-0.39, 0.29) is 10.7 Å². The molecule has 86 valence electrons. The quantitative estimate of drug-likeness (QED) is 0.913. The molecular formula is C11H13BrN2OS. The van der Waals surface area contributed by atoms with Gasteiger partial charge in [0.2, 0.25) is 5.91 Å². The number of nitrogens with one attached hydrogen (secondary N) is 1. The number of rotatable bonds is 2. The van der Waals surface area contributed by atoms with Gasteiger partial charge in [-0.15, -0.1) is 11.8 Å². The van der Waals surface area contributed by atoms with Gasteiger partial charge in [0, 0.05) is 10.7 Å². The molecule has 1 unspecified atom stereocenters. The van der Waals surface area contributed by atoms with Crippen molar-refractivity contribution in [2.45, 2.75) is 24.5 Å². The fourth-order valence-electron chi connectivity index (χ4n) is 1.68. The summed E-state index contributed by atoms with van der Waals surface area (Å²) in [5.74, 6) is 1.73. The molecule has 0 aromatic carbocycles. The van der Waals surface area contributed by atoms with Crippen LogP contribution in [0.3, 0.4) is 0 Å². The maximum absolute atomic E-state index is 12.1. The van der Waals surface area contributed by atoms with Gasteiger partial charge in [-0.2, -0.15) is 0 Å². The highest BCUT2D eigenvalue weighted by molar-refractivity contribution is 9.10. The van der Waals surface area contributed by atoms with Crippen LogP contribution in [0, 0.1) is 0 Å². The zero-order chi connectivity index (χ0) is 11.6. The Morgan fingerprint density at radius 1 is 1.69 bits per heavy atom. The van der Waals surface area contributed by atoms with Gasteiger partial charge >= 0.3 is 0 Å². The van der Waals surface area contributed by atoms with Crippen LogP contribution >= 0.6 is 27.7 Å². The van der Waals surface area contributed by atoms with Crippen molar-refractivity contribution in [2.24, 2.45) is 0 Å². The van der Waals surface area contributed by atoms with Gasteiger partial charge in [-0.25, -0.2) is 4.98 Å². The molecular weight excluding hydrogens is 288 g/mol. The number of carbonyl (C=O) groups is 1. The minimum atomic E-state index is -0.288. The molecule has 1 atom stereocenters. The largest absolute Gasteiger partial charge is 0.309 e. The highest BCUT2D eigenvalue weighted by Crippen LogP contribution is 2.38. The zero-order valence-corrected chi connectivity index (χ0v) is 11.4. The number of aromatic nitrogens is 1. The summed E-state index contributed by atoms with van der Waals surface area (Å²) in [4.78, 5) is 16.2. The van der Waals surface area contributed by atoms with Crippen molar-refractivity contribution in [1.82, 2.24) is 4.98 Å². The Hall–Kier alpha value is -0.550. The summed E-state index contributed by atoms with van der Waals surface area (Å²) in [6.07, 6.45) is 3.72. The van der Waals surface area contributed by atoms with Crippen molar-refractivity contribution in [3.05, 3.63) is 22.8 Å². The smallest absolute Gasteiger partial charge is 0.241 e. The maximum atomic E-state index is 12.1. The van der Waals surface area contributed by atoms with E-state index in [0.717, 1.165) is 23.1 Å². The summed E-state index contributed by atoms with van der Waals surface area (Å²) in [5.41, 5.74) is 0. The molecule has 16 heavy (non-hydrogen) atoms. The molecule has 1 aliphatic rings. The van der Waals surface area contributed by atoms with Crippen molar-refractivity contribution in [3.63, 3.8) is 0 Å². The average Bonchev–Trinajstić information content (AvgIpc) is 2.66. The van der Waals surface area contributed by atoms with Crippen molar-refractivity contribution < 1.29 is 4.79 Å². The molecule has 5 heteroatoms. The number of halogens is 1. The van der Waals surface area contributed by atoms with E-state index in [0.29, 0.717) is 5.82 Å². The van der Waals surface area contributed by atoms with Crippen LogP contribution in [0.2, 0.25) is 0 Å². The Morgan fingerprint density at radius 3 is 3.12 bits per heavy atom. The molecule has 1 aliphatic heterocycles. The number of nitrogens with zero attached hydrogens (tertiary/aromatic N) is 1. The van der Waals surface area contributed by atoms with E-state index in [1.165, 1.54) is 0 Å². The Balaban J connectivity index is 2.07. The number of amides is 1. The molecule has 0 radical (unpaired) electrons. The van der Waals surface area contributed by atoms with E-state index in [9.17, 15) is 4.79 Å². The van der Waals surface area contributed by atoms with Gasteiger partial charge in [0.1, 0.15) is 5.82 Å². The third-order valence-electron chi connectivity index (χ3n) is 2.66. The third kappa shape index (κ3) is 2.58. The minimum absolute atomic E-state index is 0.0561. The Labute approximate surface area is 108 Å². The molecule has 1 N–H and O–H groups in total. The van der Waals surface area contributed by atoms with Crippen LogP contribution in [-0.2, 0) is 4.79 Å². The lowest BCUT2D eigenvalue weighted by Gasteiger charge is -2.20. The molecule has 2 heterocycles. The second kappa shape index (κ2) is 4.75. The molecule has 3 nitrogen and oxygen atoms in total. The van der Waals surface area contributed by atoms with E-state index >= 15 is 0 Å². The molecule has 0 saturated carbocycles. The van der Waals surface area contributed by atoms with Gasteiger partial charge in [-0.1, -0.05) is 15.9 Å². The molecule has 1 amide bonds. The van der Waals surface area contributed by atoms with Crippen LogP contribution < -0.4 is 5.32 Å². The number of thioether (sulfide) groups is 1. The predicted octanol–water partition coefficient (Wildman–Crippen LogP) is 3.07. The van der Waals surface area contributed by atoms with Gasteiger partial charge in [-0.05, 0) is 37.7 Å². The van der Waals surface area contributed by atoms with Crippen molar-refractivity contribution in [2.75, 3.05) is 11.1 Å². The van der Waals surface area contributed by atoms with E-state index in [2.05, 4.69) is 26.2 Å². The number of hydrogen-bond acceptors (Lipinski definition) is 3. The van der Waals surface area contributed by atoms with Crippen LogP contribution in [0.4, 0.5) is 5.82 Å². The highest BCUT2D eigenvalue weighted by atomic mass is 79.9. The lowest BCUT2D eigenvalue weighted by atomic mass is 10.1. The molecule has 2 rings (SSSR count). The number of hydrogen-bond donors (Lipinski definition) is 1. The van der Waals surface area contributed by atoms with Crippen LogP contribution in [0.1, 0.15) is 19.8 Å². The van der Waals surface area contributed by atoms with Gasteiger partial charge in [-0.3, -0.25) is 4.79 Å². The first-order valence-electron chi connectivity index (χ1n) is 5.17. The Morgan fingerprint density at radius 2 is 2.50 bits per heavy atom. The molecule has 0 bridgehead atoms. The lowest BCUT2D eigenvalue weighted by Crippen LogP contribution is -2.34. The fraction of sp³-hybridized carbons (Fsp3) is 0.455. The Bertz CT molecular complexity index is 405. The summed E-state index contributed by atoms with van der Waals surface area (Å²) in [6, 6.07) is 3.64. The fourth-order valence-corrected chi connectivity index (χ4v) is 3.22. The van der Waals surface area contributed by atoms with Crippen LogP contribution in [0.5, 0.6) is 0 Å². The molecule has 0 spiro atoms. The zero-order valence-electron chi connectivity index (χ0n) is 9.00. The van der Waals surface area contributed by atoms with E-state index < -0.39 is 0 Å². The van der Waals surface area contributed by atoms with Crippen molar-refractivity contribution in [3.8, 4) is 0 Å². The SMILES string of the molecule is CC1(C(=O)Nc2cc(Br)ccn2)CCCS1. The summed E-state index contributed by atoms with van der Waals surface area (Å²) in [6.45, 7) is 2.00. The van der Waals surface area contributed by atoms with Crippen molar-refractivity contribution in [1.29, 1.82) is 0 Å². The topological polar surface area (TPSA) is 42.0 Å².